The van der Waals surface area contributed by atoms with Crippen molar-refractivity contribution in [3.63, 3.8) is 0 Å². The van der Waals surface area contributed by atoms with E-state index in [-0.39, 0.29) is 0 Å². The Morgan fingerprint density at radius 3 is 2.86 bits per heavy atom. The van der Waals surface area contributed by atoms with Crippen LogP contribution in [0.5, 0.6) is 0 Å². The van der Waals surface area contributed by atoms with Crippen molar-refractivity contribution in [2.75, 3.05) is 20.3 Å². The Morgan fingerprint density at radius 1 is 1.57 bits per heavy atom. The molecule has 0 aliphatic heterocycles. The molecule has 0 amide bonds. The van der Waals surface area contributed by atoms with E-state index in [1.807, 2.05) is 11.3 Å². The number of hydrogen-bond donors (Lipinski definition) is 1. The Bertz CT molecular complexity index is 260. The smallest absolute Gasteiger partial charge is 0.0480 e. The zero-order valence-corrected chi connectivity index (χ0v) is 9.99. The molecule has 1 atom stereocenters. The lowest BCUT2D eigenvalue weighted by molar-refractivity contribution is 0.183. The minimum Gasteiger partial charge on any atom is -0.385 e. The lowest BCUT2D eigenvalue weighted by Crippen LogP contribution is -2.22. The van der Waals surface area contributed by atoms with Crippen LogP contribution in [0, 0.1) is 6.92 Å². The number of hydrogen-bond acceptors (Lipinski definition) is 3. The van der Waals surface area contributed by atoms with Crippen LogP contribution in [0.15, 0.2) is 11.4 Å². The van der Waals surface area contributed by atoms with Crippen LogP contribution >= 0.6 is 11.3 Å². The van der Waals surface area contributed by atoms with Gasteiger partial charge in [0, 0.05) is 24.6 Å². The number of rotatable bonds is 6. The van der Waals surface area contributed by atoms with E-state index in [1.165, 1.54) is 10.4 Å². The van der Waals surface area contributed by atoms with Gasteiger partial charge >= 0.3 is 0 Å². The maximum Gasteiger partial charge on any atom is 0.0480 e. The number of methoxy groups -OCH3 is 1. The third-order valence-corrected chi connectivity index (χ3v) is 3.20. The first-order valence-corrected chi connectivity index (χ1v) is 5.93. The molecule has 1 rings (SSSR count). The van der Waals surface area contributed by atoms with Gasteiger partial charge in [-0.3, -0.25) is 0 Å². The van der Waals surface area contributed by atoms with Gasteiger partial charge in [0.05, 0.1) is 0 Å². The van der Waals surface area contributed by atoms with E-state index < -0.39 is 0 Å². The topological polar surface area (TPSA) is 21.3 Å². The Labute approximate surface area is 90.3 Å². The van der Waals surface area contributed by atoms with Crippen LogP contribution in [0.2, 0.25) is 0 Å². The molecular formula is C11H19NOS. The molecule has 1 aromatic rings. The van der Waals surface area contributed by atoms with Crippen LogP contribution in [-0.4, -0.2) is 20.3 Å². The van der Waals surface area contributed by atoms with Gasteiger partial charge in [0.2, 0.25) is 0 Å². The molecule has 0 saturated carbocycles. The van der Waals surface area contributed by atoms with E-state index in [9.17, 15) is 0 Å². The van der Waals surface area contributed by atoms with Gasteiger partial charge in [-0.2, -0.15) is 0 Å². The van der Waals surface area contributed by atoms with E-state index >= 15 is 0 Å². The minimum atomic E-state index is 0.450. The maximum atomic E-state index is 5.12. The summed E-state index contributed by atoms with van der Waals surface area (Å²) >= 11 is 1.81. The molecule has 1 aromatic heterocycles. The zero-order chi connectivity index (χ0) is 10.4. The van der Waals surface area contributed by atoms with Crippen molar-refractivity contribution in [2.24, 2.45) is 0 Å². The van der Waals surface area contributed by atoms with Crippen LogP contribution in [0.25, 0.3) is 0 Å². The third kappa shape index (κ3) is 3.08. The van der Waals surface area contributed by atoms with E-state index in [4.69, 9.17) is 4.74 Å². The average molecular weight is 213 g/mol. The maximum absolute atomic E-state index is 5.12. The molecule has 0 aromatic carbocycles. The summed E-state index contributed by atoms with van der Waals surface area (Å²) in [5.41, 5.74) is 1.42. The molecule has 0 aliphatic rings. The molecule has 1 heterocycles. The average Bonchev–Trinajstić information content (AvgIpc) is 2.59. The molecule has 3 heteroatoms. The first-order valence-electron chi connectivity index (χ1n) is 5.06. The fraction of sp³-hybridized carbons (Fsp3) is 0.636. The Morgan fingerprint density at radius 2 is 2.36 bits per heavy atom. The molecule has 0 radical (unpaired) electrons. The summed E-state index contributed by atoms with van der Waals surface area (Å²) in [6.45, 7) is 6.13. The van der Waals surface area contributed by atoms with Crippen LogP contribution in [-0.2, 0) is 4.74 Å². The van der Waals surface area contributed by atoms with Gasteiger partial charge in [-0.05, 0) is 36.9 Å². The van der Waals surface area contributed by atoms with Gasteiger partial charge < -0.3 is 10.1 Å². The summed E-state index contributed by atoms with van der Waals surface area (Å²) in [5.74, 6) is 0. The molecule has 2 nitrogen and oxygen atoms in total. The second-order valence-electron chi connectivity index (χ2n) is 3.32. The fourth-order valence-corrected chi connectivity index (χ4v) is 2.37. The van der Waals surface area contributed by atoms with Crippen LogP contribution < -0.4 is 5.32 Å². The number of nitrogens with one attached hydrogen (secondary N) is 1. The van der Waals surface area contributed by atoms with Crippen LogP contribution in [0.4, 0.5) is 0 Å². The molecule has 0 saturated heterocycles. The summed E-state index contributed by atoms with van der Waals surface area (Å²) in [7, 11) is 1.75. The summed E-state index contributed by atoms with van der Waals surface area (Å²) in [6.07, 6.45) is 1.04. The summed E-state index contributed by atoms with van der Waals surface area (Å²) < 4.78 is 5.12. The third-order valence-electron chi connectivity index (χ3n) is 2.34. The van der Waals surface area contributed by atoms with Gasteiger partial charge in [-0.25, -0.2) is 0 Å². The summed E-state index contributed by atoms with van der Waals surface area (Å²) in [4.78, 5) is 1.41. The highest BCUT2D eigenvalue weighted by atomic mass is 32.1. The Kier molecular flexibility index (Phi) is 5.15. The monoisotopic (exact) mass is 213 g/mol. The molecule has 14 heavy (non-hydrogen) atoms. The van der Waals surface area contributed by atoms with Gasteiger partial charge in [0.15, 0.2) is 0 Å². The summed E-state index contributed by atoms with van der Waals surface area (Å²) in [5, 5.41) is 5.64. The van der Waals surface area contributed by atoms with Gasteiger partial charge in [0.1, 0.15) is 0 Å². The second kappa shape index (κ2) is 6.17. The zero-order valence-electron chi connectivity index (χ0n) is 9.17. The van der Waals surface area contributed by atoms with E-state index in [0.717, 1.165) is 19.6 Å². The highest BCUT2D eigenvalue weighted by Gasteiger charge is 2.12. The van der Waals surface area contributed by atoms with Crippen molar-refractivity contribution in [1.29, 1.82) is 0 Å². The van der Waals surface area contributed by atoms with Crippen molar-refractivity contribution >= 4 is 11.3 Å². The molecule has 1 N–H and O–H groups in total. The summed E-state index contributed by atoms with van der Waals surface area (Å²) in [6, 6.07) is 2.66. The molecule has 1 unspecified atom stereocenters. The molecule has 0 bridgehead atoms. The molecule has 0 fully saturated rings. The molecule has 80 valence electrons. The normalized spacial score (nSPS) is 13.1. The quantitative estimate of drug-likeness (QED) is 0.784. The molecule has 0 aliphatic carbocycles. The lowest BCUT2D eigenvalue weighted by atomic mass is 10.1. The first-order chi connectivity index (χ1) is 6.79. The van der Waals surface area contributed by atoms with Crippen molar-refractivity contribution in [3.05, 3.63) is 21.9 Å². The SMILES string of the molecule is CCNC(CCOC)c1ccsc1C. The van der Waals surface area contributed by atoms with Gasteiger partial charge in [0.25, 0.3) is 0 Å². The number of aryl methyl sites for hydroxylation is 1. The van der Waals surface area contributed by atoms with Crippen molar-refractivity contribution in [3.8, 4) is 0 Å². The highest BCUT2D eigenvalue weighted by Crippen LogP contribution is 2.24. The molecule has 0 spiro atoms. The largest absolute Gasteiger partial charge is 0.385 e. The van der Waals surface area contributed by atoms with E-state index in [1.54, 1.807) is 7.11 Å². The predicted octanol–water partition coefficient (Wildman–Crippen LogP) is 2.74. The Balaban J connectivity index is 2.62. The lowest BCUT2D eigenvalue weighted by Gasteiger charge is -2.17. The van der Waals surface area contributed by atoms with E-state index in [0.29, 0.717) is 6.04 Å². The standard InChI is InChI=1S/C11H19NOS/c1-4-12-11(5-7-13-3)10-6-8-14-9(10)2/h6,8,11-12H,4-5,7H2,1-3H3. The highest BCUT2D eigenvalue weighted by molar-refractivity contribution is 7.10. The Hall–Kier alpha value is -0.380. The van der Waals surface area contributed by atoms with Crippen molar-refractivity contribution in [1.82, 2.24) is 5.32 Å². The number of ether oxygens (including phenoxy) is 1. The van der Waals surface area contributed by atoms with Crippen LogP contribution in [0.1, 0.15) is 29.8 Å². The molecular weight excluding hydrogens is 194 g/mol. The first kappa shape index (κ1) is 11.7. The predicted molar refractivity (Wildman–Crippen MR) is 62.0 cm³/mol. The number of thiophene rings is 1. The van der Waals surface area contributed by atoms with Crippen molar-refractivity contribution < 1.29 is 4.74 Å². The minimum absolute atomic E-state index is 0.450. The fourth-order valence-electron chi connectivity index (χ4n) is 1.61. The second-order valence-corrected chi connectivity index (χ2v) is 4.44. The van der Waals surface area contributed by atoms with Crippen molar-refractivity contribution in [2.45, 2.75) is 26.3 Å². The van der Waals surface area contributed by atoms with Crippen LogP contribution in [0.3, 0.4) is 0 Å². The van der Waals surface area contributed by atoms with Gasteiger partial charge in [-0.1, -0.05) is 6.92 Å². The van der Waals surface area contributed by atoms with E-state index in [2.05, 4.69) is 30.6 Å². The van der Waals surface area contributed by atoms with Gasteiger partial charge in [-0.15, -0.1) is 11.3 Å².